The van der Waals surface area contributed by atoms with Crippen LogP contribution < -0.4 is 0 Å². The Bertz CT molecular complexity index is 897. The molecule has 0 spiro atoms. The maximum absolute atomic E-state index is 12.3. The van der Waals surface area contributed by atoms with E-state index in [0.717, 1.165) is 17.3 Å². The molecule has 1 N–H and O–H groups in total. The number of carbonyl (C=O) groups excluding carboxylic acids is 1. The number of aromatic nitrogens is 2. The van der Waals surface area contributed by atoms with Crippen molar-refractivity contribution >= 4 is 17.0 Å². The molecule has 0 saturated carbocycles. The lowest BCUT2D eigenvalue weighted by atomic mass is 9.87. The zero-order valence-electron chi connectivity index (χ0n) is 16.4. The van der Waals surface area contributed by atoms with Gasteiger partial charge in [-0.15, -0.1) is 0 Å². The van der Waals surface area contributed by atoms with Crippen molar-refractivity contribution in [3.05, 3.63) is 65.9 Å². The first-order valence-corrected chi connectivity index (χ1v) is 9.26. The third kappa shape index (κ3) is 4.67. The highest BCUT2D eigenvalue weighted by molar-refractivity contribution is 5.82. The number of nitrogens with zero attached hydrogens (tertiary/aromatic N) is 2. The molecule has 1 aromatic heterocycles. The third-order valence-corrected chi connectivity index (χ3v) is 4.54. The number of fused-ring (bicyclic) bond motifs is 1. The number of H-pyrrole nitrogens is 1. The Morgan fingerprint density at radius 3 is 2.59 bits per heavy atom. The van der Waals surface area contributed by atoms with Crippen molar-refractivity contribution in [1.29, 1.82) is 0 Å². The number of benzene rings is 2. The van der Waals surface area contributed by atoms with Crippen LogP contribution in [0.2, 0.25) is 0 Å². The molecule has 1 amide bonds. The van der Waals surface area contributed by atoms with Gasteiger partial charge in [0.15, 0.2) is 0 Å². The lowest BCUT2D eigenvalue weighted by Crippen LogP contribution is -2.35. The van der Waals surface area contributed by atoms with Crippen LogP contribution in [0.5, 0.6) is 0 Å². The summed E-state index contributed by atoms with van der Waals surface area (Å²) in [5.74, 6) is 0.153. The number of rotatable bonds is 5. The van der Waals surface area contributed by atoms with Crippen LogP contribution in [0.25, 0.3) is 10.9 Å². The molecule has 3 rings (SSSR count). The van der Waals surface area contributed by atoms with E-state index >= 15 is 0 Å². The SMILES string of the molecule is CN(CCC(c1ccccc1)c1cccc2cn[nH]c12)C(=O)OC(C)(C)C. The molecule has 1 heterocycles. The standard InChI is InChI=1S/C22H27N3O2/c1-22(2,3)27-21(26)25(4)14-13-18(16-9-6-5-7-10-16)19-12-8-11-17-15-23-24-20(17)19/h5-12,15,18H,13-14H2,1-4H3,(H,23,24). The van der Waals surface area contributed by atoms with Crippen molar-refractivity contribution < 1.29 is 9.53 Å². The summed E-state index contributed by atoms with van der Waals surface area (Å²) in [5.41, 5.74) is 2.96. The van der Waals surface area contributed by atoms with Gasteiger partial charge in [0.2, 0.25) is 0 Å². The average molecular weight is 365 g/mol. The maximum atomic E-state index is 12.3. The molecule has 5 nitrogen and oxygen atoms in total. The van der Waals surface area contributed by atoms with E-state index in [1.54, 1.807) is 11.9 Å². The van der Waals surface area contributed by atoms with Gasteiger partial charge in [-0.2, -0.15) is 5.10 Å². The minimum Gasteiger partial charge on any atom is -0.444 e. The Morgan fingerprint density at radius 1 is 1.15 bits per heavy atom. The van der Waals surface area contributed by atoms with E-state index in [0.29, 0.717) is 6.54 Å². The van der Waals surface area contributed by atoms with Crippen molar-refractivity contribution in [2.75, 3.05) is 13.6 Å². The number of amides is 1. The number of hydrogen-bond donors (Lipinski definition) is 1. The van der Waals surface area contributed by atoms with Crippen molar-refractivity contribution in [3.63, 3.8) is 0 Å². The van der Waals surface area contributed by atoms with Gasteiger partial charge in [0.25, 0.3) is 0 Å². The normalized spacial score (nSPS) is 12.7. The Labute approximate surface area is 160 Å². The van der Waals surface area contributed by atoms with Gasteiger partial charge in [-0.25, -0.2) is 4.79 Å². The fraction of sp³-hybridized carbons (Fsp3) is 0.364. The molecule has 0 saturated heterocycles. The first-order chi connectivity index (χ1) is 12.8. The van der Waals surface area contributed by atoms with E-state index < -0.39 is 5.60 Å². The highest BCUT2D eigenvalue weighted by Gasteiger charge is 2.22. The number of nitrogens with one attached hydrogen (secondary N) is 1. The Hall–Kier alpha value is -2.82. The van der Waals surface area contributed by atoms with Gasteiger partial charge in [0.1, 0.15) is 5.60 Å². The topological polar surface area (TPSA) is 58.2 Å². The molecule has 3 aromatic rings. The summed E-state index contributed by atoms with van der Waals surface area (Å²) in [6, 6.07) is 16.6. The molecule has 1 unspecified atom stereocenters. The number of para-hydroxylation sites is 1. The van der Waals surface area contributed by atoms with Crippen LogP contribution >= 0.6 is 0 Å². The van der Waals surface area contributed by atoms with Crippen molar-refractivity contribution in [1.82, 2.24) is 15.1 Å². The molecule has 0 bridgehead atoms. The van der Waals surface area contributed by atoms with Crippen molar-refractivity contribution in [3.8, 4) is 0 Å². The minimum atomic E-state index is -0.494. The van der Waals surface area contributed by atoms with Crippen LogP contribution in [0.15, 0.2) is 54.7 Å². The number of hydrogen-bond acceptors (Lipinski definition) is 3. The Balaban J connectivity index is 1.84. The molecular formula is C22H27N3O2. The monoisotopic (exact) mass is 365 g/mol. The van der Waals surface area contributed by atoms with Gasteiger partial charge in [-0.3, -0.25) is 5.10 Å². The van der Waals surface area contributed by atoms with Crippen LogP contribution in [0.3, 0.4) is 0 Å². The van der Waals surface area contributed by atoms with Crippen LogP contribution in [0, 0.1) is 0 Å². The summed E-state index contributed by atoms with van der Waals surface area (Å²) in [6.45, 7) is 6.23. The van der Waals surface area contributed by atoms with E-state index in [9.17, 15) is 4.79 Å². The number of aromatic amines is 1. The molecule has 0 aliphatic heterocycles. The number of ether oxygens (including phenoxy) is 1. The average Bonchev–Trinajstić information content (AvgIpc) is 3.10. The lowest BCUT2D eigenvalue weighted by Gasteiger charge is -2.26. The third-order valence-electron chi connectivity index (χ3n) is 4.54. The molecule has 1 atom stereocenters. The van der Waals surface area contributed by atoms with Crippen molar-refractivity contribution in [2.24, 2.45) is 0 Å². The lowest BCUT2D eigenvalue weighted by molar-refractivity contribution is 0.0295. The molecule has 27 heavy (non-hydrogen) atoms. The first-order valence-electron chi connectivity index (χ1n) is 9.26. The highest BCUT2D eigenvalue weighted by atomic mass is 16.6. The Kier molecular flexibility index (Phi) is 5.49. The van der Waals surface area contributed by atoms with E-state index in [2.05, 4.69) is 40.5 Å². The molecule has 2 aromatic carbocycles. The van der Waals surface area contributed by atoms with E-state index in [1.807, 2.05) is 45.2 Å². The predicted molar refractivity (Wildman–Crippen MR) is 108 cm³/mol. The fourth-order valence-electron chi connectivity index (χ4n) is 3.22. The van der Waals surface area contributed by atoms with Gasteiger partial charge >= 0.3 is 6.09 Å². The van der Waals surface area contributed by atoms with Gasteiger partial charge in [-0.1, -0.05) is 48.5 Å². The molecule has 0 aliphatic carbocycles. The molecule has 5 heteroatoms. The largest absolute Gasteiger partial charge is 0.444 e. The summed E-state index contributed by atoms with van der Waals surface area (Å²) in [5, 5.41) is 8.41. The van der Waals surface area contributed by atoms with Gasteiger partial charge in [0.05, 0.1) is 11.7 Å². The summed E-state index contributed by atoms with van der Waals surface area (Å²) in [7, 11) is 1.78. The summed E-state index contributed by atoms with van der Waals surface area (Å²) in [6.07, 6.45) is 2.33. The fourth-order valence-corrected chi connectivity index (χ4v) is 3.22. The number of carbonyl (C=O) groups is 1. The molecule has 0 fully saturated rings. The smallest absolute Gasteiger partial charge is 0.410 e. The van der Waals surface area contributed by atoms with Gasteiger partial charge < -0.3 is 9.64 Å². The van der Waals surface area contributed by atoms with Crippen molar-refractivity contribution in [2.45, 2.75) is 38.7 Å². The quantitative estimate of drug-likeness (QED) is 0.696. The summed E-state index contributed by atoms with van der Waals surface area (Å²) < 4.78 is 5.47. The minimum absolute atomic E-state index is 0.153. The van der Waals surface area contributed by atoms with Gasteiger partial charge in [0, 0.05) is 24.9 Å². The summed E-state index contributed by atoms with van der Waals surface area (Å²) in [4.78, 5) is 13.9. The second-order valence-corrected chi connectivity index (χ2v) is 7.84. The van der Waals surface area contributed by atoms with E-state index in [1.165, 1.54) is 11.1 Å². The highest BCUT2D eigenvalue weighted by Crippen LogP contribution is 2.32. The zero-order chi connectivity index (χ0) is 19.4. The molecule has 142 valence electrons. The van der Waals surface area contributed by atoms with E-state index in [-0.39, 0.29) is 12.0 Å². The van der Waals surface area contributed by atoms with Gasteiger partial charge in [-0.05, 0) is 38.3 Å². The predicted octanol–water partition coefficient (Wildman–Crippen LogP) is 4.95. The summed E-state index contributed by atoms with van der Waals surface area (Å²) >= 11 is 0. The van der Waals surface area contributed by atoms with E-state index in [4.69, 9.17) is 4.74 Å². The van der Waals surface area contributed by atoms with Crippen LogP contribution in [0.4, 0.5) is 4.79 Å². The van der Waals surface area contributed by atoms with Crippen LogP contribution in [0.1, 0.15) is 44.2 Å². The van der Waals surface area contributed by atoms with Crippen LogP contribution in [-0.4, -0.2) is 40.4 Å². The second-order valence-electron chi connectivity index (χ2n) is 7.84. The van der Waals surface area contributed by atoms with Crippen LogP contribution in [-0.2, 0) is 4.74 Å². The Morgan fingerprint density at radius 2 is 1.89 bits per heavy atom. The second kappa shape index (κ2) is 7.82. The maximum Gasteiger partial charge on any atom is 0.410 e. The molecular weight excluding hydrogens is 338 g/mol. The zero-order valence-corrected chi connectivity index (χ0v) is 16.4. The molecule has 0 aliphatic rings. The first kappa shape index (κ1) is 19.0. The molecule has 0 radical (unpaired) electrons.